The fourth-order valence-corrected chi connectivity index (χ4v) is 3.95. The van der Waals surface area contributed by atoms with E-state index in [0.717, 1.165) is 25.3 Å². The van der Waals surface area contributed by atoms with Crippen LogP contribution >= 0.6 is 0 Å². The SMILES string of the molecule is CN1CCC[C@@H]2CN(C(=O)c3cc(C4CC4)on3)CC[C@H]21. The summed E-state index contributed by atoms with van der Waals surface area (Å²) >= 11 is 0. The molecule has 0 aromatic carbocycles. The summed E-state index contributed by atoms with van der Waals surface area (Å²) in [6.45, 7) is 2.92. The zero-order valence-corrected chi connectivity index (χ0v) is 12.6. The number of fused-ring (bicyclic) bond motifs is 1. The number of carbonyl (C=O) groups is 1. The Balaban J connectivity index is 1.44. The molecule has 2 saturated heterocycles. The molecule has 1 saturated carbocycles. The summed E-state index contributed by atoms with van der Waals surface area (Å²) in [4.78, 5) is 17.1. The van der Waals surface area contributed by atoms with Gasteiger partial charge < -0.3 is 14.3 Å². The van der Waals surface area contributed by atoms with Gasteiger partial charge in [0.05, 0.1) is 0 Å². The number of piperidine rings is 2. The predicted molar refractivity (Wildman–Crippen MR) is 78.1 cm³/mol. The first-order valence-corrected chi connectivity index (χ1v) is 8.18. The first kappa shape index (κ1) is 13.3. The minimum Gasteiger partial charge on any atom is -0.360 e. The summed E-state index contributed by atoms with van der Waals surface area (Å²) in [7, 11) is 2.22. The highest BCUT2D eigenvalue weighted by atomic mass is 16.5. The topological polar surface area (TPSA) is 49.6 Å². The maximum Gasteiger partial charge on any atom is 0.276 e. The molecule has 4 rings (SSSR count). The summed E-state index contributed by atoms with van der Waals surface area (Å²) in [5.41, 5.74) is 0.500. The van der Waals surface area contributed by atoms with E-state index in [-0.39, 0.29) is 5.91 Å². The number of rotatable bonds is 2. The molecule has 0 spiro atoms. The molecule has 1 aliphatic carbocycles. The molecule has 0 radical (unpaired) electrons. The van der Waals surface area contributed by atoms with E-state index in [1.54, 1.807) is 0 Å². The molecule has 0 unspecified atom stereocenters. The maximum absolute atomic E-state index is 12.6. The Morgan fingerprint density at radius 1 is 1.29 bits per heavy atom. The molecule has 5 nitrogen and oxygen atoms in total. The van der Waals surface area contributed by atoms with Gasteiger partial charge in [-0.1, -0.05) is 5.16 Å². The van der Waals surface area contributed by atoms with Crippen molar-refractivity contribution in [3.63, 3.8) is 0 Å². The highest BCUT2D eigenvalue weighted by Crippen LogP contribution is 2.40. The van der Waals surface area contributed by atoms with Crippen molar-refractivity contribution in [2.45, 2.75) is 44.1 Å². The fourth-order valence-electron chi connectivity index (χ4n) is 3.95. The van der Waals surface area contributed by atoms with Gasteiger partial charge in [0.2, 0.25) is 0 Å². The van der Waals surface area contributed by atoms with Crippen LogP contribution in [0.3, 0.4) is 0 Å². The molecular formula is C16H23N3O2. The molecule has 0 bridgehead atoms. The van der Waals surface area contributed by atoms with Gasteiger partial charge in [0.25, 0.3) is 5.91 Å². The van der Waals surface area contributed by atoms with Crippen LogP contribution in [-0.4, -0.2) is 53.6 Å². The van der Waals surface area contributed by atoms with E-state index in [0.29, 0.717) is 23.6 Å². The van der Waals surface area contributed by atoms with Gasteiger partial charge in [0.1, 0.15) is 5.76 Å². The zero-order chi connectivity index (χ0) is 14.4. The number of nitrogens with zero attached hydrogens (tertiary/aromatic N) is 3. The highest BCUT2D eigenvalue weighted by Gasteiger charge is 2.37. The van der Waals surface area contributed by atoms with Crippen molar-refractivity contribution in [1.29, 1.82) is 0 Å². The van der Waals surface area contributed by atoms with Crippen molar-refractivity contribution in [3.8, 4) is 0 Å². The van der Waals surface area contributed by atoms with E-state index < -0.39 is 0 Å². The van der Waals surface area contributed by atoms with Crippen molar-refractivity contribution in [2.24, 2.45) is 5.92 Å². The Bertz CT molecular complexity index is 537. The van der Waals surface area contributed by atoms with Crippen LogP contribution in [0, 0.1) is 5.92 Å². The summed E-state index contributed by atoms with van der Waals surface area (Å²) in [5.74, 6) is 2.08. The van der Waals surface area contributed by atoms with E-state index in [1.807, 2.05) is 11.0 Å². The molecule has 3 aliphatic rings. The van der Waals surface area contributed by atoms with E-state index in [9.17, 15) is 4.79 Å². The van der Waals surface area contributed by atoms with Gasteiger partial charge >= 0.3 is 0 Å². The quantitative estimate of drug-likeness (QED) is 0.836. The summed E-state index contributed by atoms with van der Waals surface area (Å²) in [5, 5.41) is 3.99. The maximum atomic E-state index is 12.6. The fraction of sp³-hybridized carbons (Fsp3) is 0.750. The van der Waals surface area contributed by atoms with Crippen LogP contribution in [0.2, 0.25) is 0 Å². The summed E-state index contributed by atoms with van der Waals surface area (Å²) < 4.78 is 5.32. The van der Waals surface area contributed by atoms with Gasteiger partial charge in [-0.3, -0.25) is 4.79 Å². The minimum atomic E-state index is 0.0531. The van der Waals surface area contributed by atoms with Gasteiger partial charge in [-0.25, -0.2) is 0 Å². The number of hydrogen-bond donors (Lipinski definition) is 0. The van der Waals surface area contributed by atoms with E-state index >= 15 is 0 Å². The molecule has 2 atom stereocenters. The summed E-state index contributed by atoms with van der Waals surface area (Å²) in [6, 6.07) is 2.51. The third kappa shape index (κ3) is 2.48. The second-order valence-corrected chi connectivity index (χ2v) is 6.88. The third-order valence-corrected chi connectivity index (χ3v) is 5.36. The van der Waals surface area contributed by atoms with Crippen molar-refractivity contribution < 1.29 is 9.32 Å². The first-order valence-electron chi connectivity index (χ1n) is 8.18. The lowest BCUT2D eigenvalue weighted by atomic mass is 9.84. The van der Waals surface area contributed by atoms with E-state index in [1.165, 1.54) is 32.2 Å². The molecule has 0 N–H and O–H groups in total. The van der Waals surface area contributed by atoms with Gasteiger partial charge in [-0.2, -0.15) is 0 Å². The molecule has 5 heteroatoms. The monoisotopic (exact) mass is 289 g/mol. The van der Waals surface area contributed by atoms with Crippen LogP contribution in [-0.2, 0) is 0 Å². The van der Waals surface area contributed by atoms with Crippen LogP contribution in [0.5, 0.6) is 0 Å². The second kappa shape index (κ2) is 5.13. The molecule has 1 aromatic rings. The molecule has 1 amide bonds. The van der Waals surface area contributed by atoms with Gasteiger partial charge in [-0.05, 0) is 51.6 Å². The third-order valence-electron chi connectivity index (χ3n) is 5.36. The van der Waals surface area contributed by atoms with Crippen LogP contribution < -0.4 is 0 Å². The Morgan fingerprint density at radius 3 is 2.95 bits per heavy atom. The average molecular weight is 289 g/mol. The Kier molecular flexibility index (Phi) is 3.25. The molecule has 3 heterocycles. The van der Waals surface area contributed by atoms with Crippen LogP contribution in [0.25, 0.3) is 0 Å². The number of likely N-dealkylation sites (tertiary alicyclic amines) is 2. The molecule has 2 aliphatic heterocycles. The van der Waals surface area contributed by atoms with Gasteiger partial charge in [0, 0.05) is 31.1 Å². The zero-order valence-electron chi connectivity index (χ0n) is 12.6. The standard InChI is InChI=1S/C16H23N3O2/c1-18-7-2-3-12-10-19(8-6-14(12)18)16(20)13-9-15(21-17-13)11-4-5-11/h9,11-12,14H,2-8,10H2,1H3/t12-,14-/m1/s1. The molecule has 1 aromatic heterocycles. The van der Waals surface area contributed by atoms with E-state index in [2.05, 4.69) is 17.1 Å². The molecule has 21 heavy (non-hydrogen) atoms. The van der Waals surface area contributed by atoms with Crippen LogP contribution in [0.15, 0.2) is 10.6 Å². The number of aromatic nitrogens is 1. The average Bonchev–Trinajstić information content (AvgIpc) is 3.24. The lowest BCUT2D eigenvalue weighted by Crippen LogP contribution is -2.53. The molecule has 114 valence electrons. The Labute approximate surface area is 125 Å². The molecular weight excluding hydrogens is 266 g/mol. The molecule has 3 fully saturated rings. The lowest BCUT2D eigenvalue weighted by molar-refractivity contribution is 0.0311. The van der Waals surface area contributed by atoms with Crippen molar-refractivity contribution in [2.75, 3.05) is 26.7 Å². The highest BCUT2D eigenvalue weighted by molar-refractivity contribution is 5.92. The van der Waals surface area contributed by atoms with Crippen LogP contribution in [0.4, 0.5) is 0 Å². The normalized spacial score (nSPS) is 30.2. The van der Waals surface area contributed by atoms with Crippen molar-refractivity contribution in [1.82, 2.24) is 15.0 Å². The predicted octanol–water partition coefficient (Wildman–Crippen LogP) is 2.11. The second-order valence-electron chi connectivity index (χ2n) is 6.88. The Hall–Kier alpha value is -1.36. The smallest absolute Gasteiger partial charge is 0.276 e. The lowest BCUT2D eigenvalue weighted by Gasteiger charge is -2.45. The Morgan fingerprint density at radius 2 is 2.14 bits per heavy atom. The largest absolute Gasteiger partial charge is 0.360 e. The number of hydrogen-bond acceptors (Lipinski definition) is 4. The number of amides is 1. The van der Waals surface area contributed by atoms with Crippen molar-refractivity contribution >= 4 is 5.91 Å². The first-order chi connectivity index (χ1) is 10.2. The van der Waals surface area contributed by atoms with Crippen LogP contribution in [0.1, 0.15) is 54.3 Å². The van der Waals surface area contributed by atoms with Gasteiger partial charge in [0.15, 0.2) is 5.69 Å². The van der Waals surface area contributed by atoms with E-state index in [4.69, 9.17) is 4.52 Å². The van der Waals surface area contributed by atoms with Gasteiger partial charge in [-0.15, -0.1) is 0 Å². The van der Waals surface area contributed by atoms with Crippen molar-refractivity contribution in [3.05, 3.63) is 17.5 Å². The summed E-state index contributed by atoms with van der Waals surface area (Å²) in [6.07, 6.45) is 5.91. The minimum absolute atomic E-state index is 0.0531. The number of carbonyl (C=O) groups excluding carboxylic acids is 1.